The lowest BCUT2D eigenvalue weighted by Gasteiger charge is -2.33. The number of likely N-dealkylation sites (tertiary alicyclic amines) is 1. The number of hydrogen-bond donors (Lipinski definition) is 1. The molecule has 1 aliphatic heterocycles. The van der Waals surface area contributed by atoms with Crippen LogP contribution in [0, 0.1) is 0 Å². The van der Waals surface area contributed by atoms with Crippen molar-refractivity contribution in [1.82, 2.24) is 4.90 Å². The van der Waals surface area contributed by atoms with Crippen molar-refractivity contribution >= 4 is 21.6 Å². The molecule has 0 unspecified atom stereocenters. The molecule has 0 bridgehead atoms. The van der Waals surface area contributed by atoms with Crippen LogP contribution in [0.4, 0.5) is 18.9 Å². The lowest BCUT2D eigenvalue weighted by molar-refractivity contribution is -0.137. The molecule has 1 aliphatic rings. The molecule has 3 rings (SSSR count). The SMILES string of the molecule is C[C@H]1CCCCN1C(=O)c1ccc(S(=O)(=O)Nc2cccc(C(F)(F)F)c2)cc1. The smallest absolute Gasteiger partial charge is 0.336 e. The maximum atomic E-state index is 12.8. The molecule has 2 aromatic carbocycles. The van der Waals surface area contributed by atoms with Gasteiger partial charge in [0.2, 0.25) is 0 Å². The van der Waals surface area contributed by atoms with Gasteiger partial charge in [-0.2, -0.15) is 13.2 Å². The largest absolute Gasteiger partial charge is 0.416 e. The van der Waals surface area contributed by atoms with E-state index in [0.717, 1.165) is 37.5 Å². The highest BCUT2D eigenvalue weighted by molar-refractivity contribution is 7.92. The Bertz CT molecular complexity index is 989. The van der Waals surface area contributed by atoms with E-state index in [9.17, 15) is 26.4 Å². The Kier molecular flexibility index (Phi) is 5.88. The summed E-state index contributed by atoms with van der Waals surface area (Å²) < 4.78 is 65.6. The standard InChI is InChI=1S/C20H21F3N2O3S/c1-14-5-2-3-12-25(14)19(26)15-8-10-18(11-9-15)29(27,28)24-17-7-4-6-16(13-17)20(21,22)23/h4,6-11,13-14,24H,2-3,5,12H2,1H3/t14-/m0/s1. The van der Waals surface area contributed by atoms with E-state index in [2.05, 4.69) is 4.72 Å². The molecule has 1 heterocycles. The number of carbonyl (C=O) groups excluding carboxylic acids is 1. The van der Waals surface area contributed by atoms with Gasteiger partial charge in [-0.05, 0) is 68.7 Å². The highest BCUT2D eigenvalue weighted by Crippen LogP contribution is 2.31. The zero-order valence-electron chi connectivity index (χ0n) is 15.7. The summed E-state index contributed by atoms with van der Waals surface area (Å²) >= 11 is 0. The lowest BCUT2D eigenvalue weighted by atomic mass is 10.0. The summed E-state index contributed by atoms with van der Waals surface area (Å²) in [5.74, 6) is -0.160. The molecular formula is C20H21F3N2O3S. The van der Waals surface area contributed by atoms with Crippen LogP contribution < -0.4 is 4.72 Å². The Balaban J connectivity index is 1.77. The van der Waals surface area contributed by atoms with Crippen LogP contribution in [0.15, 0.2) is 53.4 Å². The molecule has 0 saturated carbocycles. The number of hydrogen-bond acceptors (Lipinski definition) is 3. The van der Waals surface area contributed by atoms with E-state index in [4.69, 9.17) is 0 Å². The van der Waals surface area contributed by atoms with Crippen LogP contribution in [0.1, 0.15) is 42.1 Å². The number of carbonyl (C=O) groups is 1. The molecule has 1 fully saturated rings. The molecule has 9 heteroatoms. The highest BCUT2D eigenvalue weighted by Gasteiger charge is 2.31. The third kappa shape index (κ3) is 4.90. The molecule has 2 aromatic rings. The molecule has 0 radical (unpaired) electrons. The van der Waals surface area contributed by atoms with E-state index in [1.807, 2.05) is 6.92 Å². The summed E-state index contributed by atoms with van der Waals surface area (Å²) in [4.78, 5) is 14.3. The highest BCUT2D eigenvalue weighted by atomic mass is 32.2. The zero-order valence-corrected chi connectivity index (χ0v) is 16.6. The average Bonchev–Trinajstić information content (AvgIpc) is 2.67. The van der Waals surface area contributed by atoms with Gasteiger partial charge in [0.1, 0.15) is 0 Å². The quantitative estimate of drug-likeness (QED) is 0.782. The number of anilines is 1. The zero-order chi connectivity index (χ0) is 21.2. The fourth-order valence-corrected chi connectivity index (χ4v) is 4.36. The van der Waals surface area contributed by atoms with Crippen molar-refractivity contribution in [3.05, 3.63) is 59.7 Å². The van der Waals surface area contributed by atoms with Gasteiger partial charge in [0, 0.05) is 23.8 Å². The molecule has 0 aromatic heterocycles. The van der Waals surface area contributed by atoms with Crippen LogP contribution in [0.5, 0.6) is 0 Å². The number of nitrogens with zero attached hydrogens (tertiary/aromatic N) is 1. The van der Waals surface area contributed by atoms with Crippen molar-refractivity contribution in [3.8, 4) is 0 Å². The van der Waals surface area contributed by atoms with Crippen LogP contribution in [0.25, 0.3) is 0 Å². The minimum atomic E-state index is -4.57. The maximum absolute atomic E-state index is 12.8. The molecule has 29 heavy (non-hydrogen) atoms. The van der Waals surface area contributed by atoms with Crippen LogP contribution in [-0.4, -0.2) is 31.8 Å². The minimum Gasteiger partial charge on any atom is -0.336 e. The van der Waals surface area contributed by atoms with Gasteiger partial charge in [0.15, 0.2) is 0 Å². The van der Waals surface area contributed by atoms with Gasteiger partial charge >= 0.3 is 6.18 Å². The summed E-state index contributed by atoms with van der Waals surface area (Å²) in [6.45, 7) is 2.64. The van der Waals surface area contributed by atoms with Gasteiger partial charge in [0.05, 0.1) is 10.5 Å². The predicted molar refractivity (Wildman–Crippen MR) is 103 cm³/mol. The second kappa shape index (κ2) is 8.06. The normalized spacial score (nSPS) is 17.8. The Labute approximate surface area is 167 Å². The van der Waals surface area contributed by atoms with Crippen molar-refractivity contribution in [3.63, 3.8) is 0 Å². The predicted octanol–water partition coefficient (Wildman–Crippen LogP) is 4.52. The minimum absolute atomic E-state index is 0.127. The Morgan fingerprint density at radius 1 is 1.10 bits per heavy atom. The first-order valence-electron chi connectivity index (χ1n) is 9.19. The van der Waals surface area contributed by atoms with E-state index >= 15 is 0 Å². The second-order valence-electron chi connectivity index (χ2n) is 7.05. The summed E-state index contributed by atoms with van der Waals surface area (Å²) in [5.41, 5.74) is -0.770. The Morgan fingerprint density at radius 2 is 1.79 bits per heavy atom. The molecule has 1 saturated heterocycles. The summed E-state index contributed by atoms with van der Waals surface area (Å²) in [6, 6.07) is 9.48. The van der Waals surface area contributed by atoms with Crippen LogP contribution in [-0.2, 0) is 16.2 Å². The maximum Gasteiger partial charge on any atom is 0.416 e. The van der Waals surface area contributed by atoms with Gasteiger partial charge < -0.3 is 4.90 Å². The number of nitrogens with one attached hydrogen (secondary N) is 1. The monoisotopic (exact) mass is 426 g/mol. The van der Waals surface area contributed by atoms with Crippen molar-refractivity contribution in [2.24, 2.45) is 0 Å². The van der Waals surface area contributed by atoms with Gasteiger partial charge in [-0.3, -0.25) is 9.52 Å². The number of amides is 1. The van der Waals surface area contributed by atoms with Crippen molar-refractivity contribution in [2.75, 3.05) is 11.3 Å². The van der Waals surface area contributed by atoms with Crippen LogP contribution >= 0.6 is 0 Å². The van der Waals surface area contributed by atoms with E-state index in [-0.39, 0.29) is 22.5 Å². The molecule has 1 N–H and O–H groups in total. The van der Waals surface area contributed by atoms with Crippen molar-refractivity contribution in [2.45, 2.75) is 43.3 Å². The Hall–Kier alpha value is -2.55. The summed E-state index contributed by atoms with van der Waals surface area (Å²) in [6.07, 6.45) is -1.64. The molecule has 156 valence electrons. The molecule has 1 atom stereocenters. The summed E-state index contributed by atoms with van der Waals surface area (Å²) in [7, 11) is -4.10. The van der Waals surface area contributed by atoms with Gasteiger partial charge in [0.25, 0.3) is 15.9 Å². The number of sulfonamides is 1. The number of rotatable bonds is 4. The van der Waals surface area contributed by atoms with Crippen molar-refractivity contribution in [1.29, 1.82) is 0 Å². The lowest BCUT2D eigenvalue weighted by Crippen LogP contribution is -2.42. The van der Waals surface area contributed by atoms with Gasteiger partial charge in [-0.1, -0.05) is 6.07 Å². The number of alkyl halides is 3. The van der Waals surface area contributed by atoms with E-state index in [1.54, 1.807) is 4.90 Å². The third-order valence-corrected chi connectivity index (χ3v) is 6.31. The summed E-state index contributed by atoms with van der Waals surface area (Å²) in [5, 5.41) is 0. The number of piperidine rings is 1. The topological polar surface area (TPSA) is 66.5 Å². The first-order chi connectivity index (χ1) is 13.6. The number of benzene rings is 2. The van der Waals surface area contributed by atoms with Crippen LogP contribution in [0.2, 0.25) is 0 Å². The molecular weight excluding hydrogens is 405 g/mol. The first kappa shape index (κ1) is 21.2. The number of halogens is 3. The van der Waals surface area contributed by atoms with Crippen molar-refractivity contribution < 1.29 is 26.4 Å². The van der Waals surface area contributed by atoms with E-state index < -0.39 is 21.8 Å². The third-order valence-electron chi connectivity index (χ3n) is 4.92. The van der Waals surface area contributed by atoms with Crippen LogP contribution in [0.3, 0.4) is 0 Å². The molecule has 1 amide bonds. The first-order valence-corrected chi connectivity index (χ1v) is 10.7. The van der Waals surface area contributed by atoms with Gasteiger partial charge in [-0.25, -0.2) is 8.42 Å². The Morgan fingerprint density at radius 3 is 2.41 bits per heavy atom. The molecule has 0 aliphatic carbocycles. The fraction of sp³-hybridized carbons (Fsp3) is 0.350. The van der Waals surface area contributed by atoms with Gasteiger partial charge in [-0.15, -0.1) is 0 Å². The van der Waals surface area contributed by atoms with E-state index in [1.165, 1.54) is 30.3 Å². The molecule has 0 spiro atoms. The van der Waals surface area contributed by atoms with E-state index in [0.29, 0.717) is 12.1 Å². The second-order valence-corrected chi connectivity index (χ2v) is 8.73. The average molecular weight is 426 g/mol. The fourth-order valence-electron chi connectivity index (χ4n) is 3.32. The molecule has 5 nitrogen and oxygen atoms in total.